The molecule has 0 saturated heterocycles. The molecular weight excluding hydrogens is 264 g/mol. The highest BCUT2D eigenvalue weighted by molar-refractivity contribution is 5.30. The number of likely N-dealkylation sites (N-methyl/N-ethyl adjacent to an activating group) is 1. The molecule has 0 spiro atoms. The number of nitrogens with zero attached hydrogens (tertiary/aromatic N) is 3. The fourth-order valence-electron chi connectivity index (χ4n) is 2.38. The van der Waals surface area contributed by atoms with Crippen LogP contribution in [0, 0.1) is 0 Å². The average molecular weight is 288 g/mol. The second kappa shape index (κ2) is 6.85. The minimum Gasteiger partial charge on any atom is -0.388 e. The molecule has 2 rings (SSSR count). The van der Waals surface area contributed by atoms with Gasteiger partial charge in [0.2, 0.25) is 0 Å². The summed E-state index contributed by atoms with van der Waals surface area (Å²) in [5.74, 6) is 0. The molecule has 5 heteroatoms. The predicted molar refractivity (Wildman–Crippen MR) is 84.4 cm³/mol. The Morgan fingerprint density at radius 3 is 2.62 bits per heavy atom. The minimum absolute atomic E-state index is 0.531. The number of hydrogen-bond acceptors (Lipinski definition) is 4. The molecule has 2 N–H and O–H groups in total. The molecule has 2 aromatic rings. The lowest BCUT2D eigenvalue weighted by Crippen LogP contribution is -2.45. The minimum atomic E-state index is -0.745. The molecule has 1 atom stereocenters. The fourth-order valence-corrected chi connectivity index (χ4v) is 2.38. The van der Waals surface area contributed by atoms with Crippen molar-refractivity contribution in [1.82, 2.24) is 20.0 Å². The zero-order valence-electron chi connectivity index (χ0n) is 13.0. The number of hydrogen-bond donors (Lipinski definition) is 2. The summed E-state index contributed by atoms with van der Waals surface area (Å²) in [5, 5.41) is 18.0. The number of para-hydroxylation sites is 1. The summed E-state index contributed by atoms with van der Waals surface area (Å²) in [4.78, 5) is 1.98. The van der Waals surface area contributed by atoms with Gasteiger partial charge >= 0.3 is 0 Å². The third-order valence-electron chi connectivity index (χ3n) is 3.13. The third kappa shape index (κ3) is 4.97. The van der Waals surface area contributed by atoms with E-state index in [1.165, 1.54) is 0 Å². The Kier molecular flexibility index (Phi) is 5.12. The first-order valence-electron chi connectivity index (χ1n) is 7.14. The lowest BCUT2D eigenvalue weighted by atomic mass is 10.1. The van der Waals surface area contributed by atoms with Crippen molar-refractivity contribution < 1.29 is 5.11 Å². The van der Waals surface area contributed by atoms with Crippen molar-refractivity contribution in [2.24, 2.45) is 0 Å². The zero-order chi connectivity index (χ0) is 15.3. The summed E-state index contributed by atoms with van der Waals surface area (Å²) in [6.45, 7) is 3.63. The molecule has 0 saturated carbocycles. The third-order valence-corrected chi connectivity index (χ3v) is 3.13. The van der Waals surface area contributed by atoms with Crippen molar-refractivity contribution in [3.8, 4) is 5.69 Å². The molecule has 0 aliphatic carbocycles. The number of aliphatic hydroxyl groups is 1. The van der Waals surface area contributed by atoms with Gasteiger partial charge in [-0.05, 0) is 39.2 Å². The Morgan fingerprint density at radius 1 is 1.24 bits per heavy atom. The van der Waals surface area contributed by atoms with Crippen molar-refractivity contribution in [2.75, 3.05) is 27.2 Å². The molecule has 114 valence electrons. The van der Waals surface area contributed by atoms with Gasteiger partial charge in [0.05, 0.1) is 17.0 Å². The summed E-state index contributed by atoms with van der Waals surface area (Å²) < 4.78 is 1.86. The van der Waals surface area contributed by atoms with Crippen LogP contribution in [0.25, 0.3) is 5.69 Å². The highest BCUT2D eigenvalue weighted by Gasteiger charge is 2.20. The van der Waals surface area contributed by atoms with E-state index in [1.807, 2.05) is 73.2 Å². The molecule has 0 amide bonds. The summed E-state index contributed by atoms with van der Waals surface area (Å²) in [6, 6.07) is 12.0. The quantitative estimate of drug-likeness (QED) is 0.806. The molecule has 0 radical (unpaired) electrons. The van der Waals surface area contributed by atoms with E-state index in [2.05, 4.69) is 10.4 Å². The van der Waals surface area contributed by atoms with Gasteiger partial charge in [0.25, 0.3) is 0 Å². The van der Waals surface area contributed by atoms with E-state index in [1.54, 1.807) is 0 Å². The van der Waals surface area contributed by atoms with Gasteiger partial charge in [-0.3, -0.25) is 0 Å². The lowest BCUT2D eigenvalue weighted by Gasteiger charge is -2.27. The average Bonchev–Trinajstić information content (AvgIpc) is 2.87. The largest absolute Gasteiger partial charge is 0.388 e. The monoisotopic (exact) mass is 288 g/mol. The molecule has 0 aliphatic rings. The smallest absolute Gasteiger partial charge is 0.0869 e. The van der Waals surface area contributed by atoms with E-state index < -0.39 is 5.60 Å². The second-order valence-electron chi connectivity index (χ2n) is 5.93. The van der Waals surface area contributed by atoms with Crippen LogP contribution in [-0.4, -0.2) is 52.6 Å². The van der Waals surface area contributed by atoms with E-state index in [0.717, 1.165) is 11.4 Å². The first kappa shape index (κ1) is 15.7. The lowest BCUT2D eigenvalue weighted by molar-refractivity contribution is 0.0335. The highest BCUT2D eigenvalue weighted by atomic mass is 16.3. The zero-order valence-corrected chi connectivity index (χ0v) is 13.0. The van der Waals surface area contributed by atoms with Crippen LogP contribution in [0.5, 0.6) is 0 Å². The van der Waals surface area contributed by atoms with Gasteiger partial charge in [0.1, 0.15) is 0 Å². The molecule has 0 bridgehead atoms. The molecule has 1 aromatic heterocycles. The molecule has 0 aliphatic heterocycles. The van der Waals surface area contributed by atoms with Crippen LogP contribution < -0.4 is 5.32 Å². The van der Waals surface area contributed by atoms with E-state index >= 15 is 0 Å². The summed E-state index contributed by atoms with van der Waals surface area (Å²) >= 11 is 0. The first-order chi connectivity index (χ1) is 9.96. The standard InChI is InChI=1S/C16H24N4O/c1-16(21,13-19(2)3)12-17-11-14-9-10-20(18-14)15-7-5-4-6-8-15/h4-10,17,21H,11-13H2,1-3H3. The topological polar surface area (TPSA) is 53.3 Å². The molecule has 1 aromatic carbocycles. The predicted octanol–water partition coefficient (Wildman–Crippen LogP) is 1.27. The Balaban J connectivity index is 1.86. The van der Waals surface area contributed by atoms with Gasteiger partial charge in [-0.25, -0.2) is 4.68 Å². The normalized spacial score (nSPS) is 14.3. The van der Waals surface area contributed by atoms with Gasteiger partial charge in [0, 0.05) is 25.8 Å². The van der Waals surface area contributed by atoms with Crippen molar-refractivity contribution >= 4 is 0 Å². The van der Waals surface area contributed by atoms with Gasteiger partial charge in [0.15, 0.2) is 0 Å². The van der Waals surface area contributed by atoms with Crippen molar-refractivity contribution in [1.29, 1.82) is 0 Å². The second-order valence-corrected chi connectivity index (χ2v) is 5.93. The van der Waals surface area contributed by atoms with Crippen molar-refractivity contribution in [3.63, 3.8) is 0 Å². The van der Waals surface area contributed by atoms with E-state index in [0.29, 0.717) is 19.6 Å². The Hall–Kier alpha value is -1.69. The number of nitrogens with one attached hydrogen (secondary N) is 1. The van der Waals surface area contributed by atoms with Crippen molar-refractivity contribution in [2.45, 2.75) is 19.1 Å². The fraction of sp³-hybridized carbons (Fsp3) is 0.438. The van der Waals surface area contributed by atoms with E-state index in [4.69, 9.17) is 0 Å². The molecule has 5 nitrogen and oxygen atoms in total. The molecule has 0 fully saturated rings. The first-order valence-corrected chi connectivity index (χ1v) is 7.14. The van der Waals surface area contributed by atoms with Gasteiger partial charge in [-0.2, -0.15) is 5.10 Å². The Morgan fingerprint density at radius 2 is 1.95 bits per heavy atom. The molecular formula is C16H24N4O. The molecule has 1 unspecified atom stereocenters. The van der Waals surface area contributed by atoms with Gasteiger partial charge in [-0.1, -0.05) is 18.2 Å². The Bertz CT molecular complexity index is 548. The summed E-state index contributed by atoms with van der Waals surface area (Å²) in [7, 11) is 3.91. The summed E-state index contributed by atoms with van der Waals surface area (Å²) in [5.41, 5.74) is 1.26. The van der Waals surface area contributed by atoms with Crippen LogP contribution >= 0.6 is 0 Å². The maximum Gasteiger partial charge on any atom is 0.0869 e. The van der Waals surface area contributed by atoms with Crippen LogP contribution in [0.15, 0.2) is 42.6 Å². The molecule has 1 heterocycles. The van der Waals surface area contributed by atoms with Crippen LogP contribution in [0.1, 0.15) is 12.6 Å². The maximum absolute atomic E-state index is 10.2. The number of rotatable bonds is 7. The van der Waals surface area contributed by atoms with Gasteiger partial charge in [-0.15, -0.1) is 0 Å². The van der Waals surface area contributed by atoms with Gasteiger partial charge < -0.3 is 15.3 Å². The molecule has 21 heavy (non-hydrogen) atoms. The van der Waals surface area contributed by atoms with Crippen LogP contribution in [0.3, 0.4) is 0 Å². The number of aromatic nitrogens is 2. The van der Waals surface area contributed by atoms with E-state index in [9.17, 15) is 5.11 Å². The Labute approximate surface area is 126 Å². The van der Waals surface area contributed by atoms with Crippen LogP contribution in [0.2, 0.25) is 0 Å². The van der Waals surface area contributed by atoms with Crippen LogP contribution in [0.4, 0.5) is 0 Å². The van der Waals surface area contributed by atoms with E-state index in [-0.39, 0.29) is 0 Å². The van der Waals surface area contributed by atoms with Crippen LogP contribution in [-0.2, 0) is 6.54 Å². The highest BCUT2D eigenvalue weighted by Crippen LogP contribution is 2.07. The van der Waals surface area contributed by atoms with Crippen molar-refractivity contribution in [3.05, 3.63) is 48.3 Å². The maximum atomic E-state index is 10.2. The summed E-state index contributed by atoms with van der Waals surface area (Å²) in [6.07, 6.45) is 1.95. The SMILES string of the molecule is CN(C)CC(C)(O)CNCc1ccn(-c2ccccc2)n1. The number of benzene rings is 1.